The lowest BCUT2D eigenvalue weighted by molar-refractivity contribution is 0.245. The number of halogens is 1. The average molecular weight is 353 g/mol. The highest BCUT2D eigenvalue weighted by molar-refractivity contribution is 9.10. The van der Waals surface area contributed by atoms with Gasteiger partial charge in [-0.1, -0.05) is 22.9 Å². The summed E-state index contributed by atoms with van der Waals surface area (Å²) in [6, 6.07) is 8.32. The Morgan fingerprint density at radius 1 is 1.29 bits per heavy atom. The Morgan fingerprint density at radius 3 is 2.62 bits per heavy atom. The number of anilines is 1. The van der Waals surface area contributed by atoms with Crippen LogP contribution >= 0.6 is 15.9 Å². The number of hydrogen-bond acceptors (Lipinski definition) is 3. The summed E-state index contributed by atoms with van der Waals surface area (Å²) in [5, 5.41) is 3.66. The van der Waals surface area contributed by atoms with Gasteiger partial charge in [-0.3, -0.25) is 0 Å². The maximum atomic E-state index is 5.62. The normalized spacial score (nSPS) is 28.5. The monoisotopic (exact) mass is 352 g/mol. The van der Waals surface area contributed by atoms with Gasteiger partial charge in [-0.05, 0) is 56.8 Å². The summed E-state index contributed by atoms with van der Waals surface area (Å²) in [5.74, 6) is 0.997. The minimum Gasteiger partial charge on any atom is -0.495 e. The number of ether oxygens (including phenoxy) is 1. The molecule has 2 aliphatic rings. The highest BCUT2D eigenvalue weighted by Crippen LogP contribution is 2.42. The van der Waals surface area contributed by atoms with Gasteiger partial charge in [0.2, 0.25) is 0 Å². The SMILES string of the molecule is CCNC1CC2CCCC(C1)N2c1cc(Br)ccc1OC. The highest BCUT2D eigenvalue weighted by Gasteiger charge is 2.39. The quantitative estimate of drug-likeness (QED) is 0.887. The molecule has 116 valence electrons. The van der Waals surface area contributed by atoms with Crippen molar-refractivity contribution in [3.63, 3.8) is 0 Å². The van der Waals surface area contributed by atoms with Gasteiger partial charge in [0.25, 0.3) is 0 Å². The van der Waals surface area contributed by atoms with Crippen molar-refractivity contribution in [1.82, 2.24) is 5.32 Å². The number of rotatable bonds is 4. The fourth-order valence-corrected chi connectivity index (χ4v) is 4.44. The van der Waals surface area contributed by atoms with E-state index in [0.29, 0.717) is 18.1 Å². The molecule has 1 aromatic rings. The van der Waals surface area contributed by atoms with E-state index in [1.165, 1.54) is 37.8 Å². The molecule has 3 rings (SSSR count). The Bertz CT molecular complexity index is 480. The molecule has 0 aromatic heterocycles. The van der Waals surface area contributed by atoms with E-state index in [2.05, 4.69) is 51.3 Å². The first-order valence-electron chi connectivity index (χ1n) is 8.08. The van der Waals surface area contributed by atoms with Gasteiger partial charge >= 0.3 is 0 Å². The molecule has 2 atom stereocenters. The van der Waals surface area contributed by atoms with Crippen LogP contribution in [0.15, 0.2) is 22.7 Å². The van der Waals surface area contributed by atoms with Gasteiger partial charge < -0.3 is 15.0 Å². The number of piperidine rings is 2. The standard InChI is InChI=1S/C17H25BrN2O/c1-3-19-13-10-14-5-4-6-15(11-13)20(14)16-9-12(18)7-8-17(16)21-2/h7-9,13-15,19H,3-6,10-11H2,1-2H3. The van der Waals surface area contributed by atoms with Crippen molar-refractivity contribution in [3.05, 3.63) is 22.7 Å². The molecule has 2 fully saturated rings. The van der Waals surface area contributed by atoms with E-state index < -0.39 is 0 Å². The van der Waals surface area contributed by atoms with Gasteiger partial charge in [-0.2, -0.15) is 0 Å². The predicted octanol–water partition coefficient (Wildman–Crippen LogP) is 3.96. The van der Waals surface area contributed by atoms with Crippen LogP contribution < -0.4 is 15.0 Å². The van der Waals surface area contributed by atoms with Crippen LogP contribution in [0.25, 0.3) is 0 Å². The molecule has 2 bridgehead atoms. The van der Waals surface area contributed by atoms with Crippen molar-refractivity contribution in [1.29, 1.82) is 0 Å². The second-order valence-corrected chi connectivity index (χ2v) is 7.10. The van der Waals surface area contributed by atoms with E-state index in [0.717, 1.165) is 16.8 Å². The predicted molar refractivity (Wildman–Crippen MR) is 91.3 cm³/mol. The fraction of sp³-hybridized carbons (Fsp3) is 0.647. The molecule has 2 unspecified atom stereocenters. The smallest absolute Gasteiger partial charge is 0.142 e. The summed E-state index contributed by atoms with van der Waals surface area (Å²) < 4.78 is 6.74. The zero-order valence-corrected chi connectivity index (χ0v) is 14.5. The summed E-state index contributed by atoms with van der Waals surface area (Å²) in [4.78, 5) is 2.64. The van der Waals surface area contributed by atoms with Crippen LogP contribution in [0.4, 0.5) is 5.69 Å². The Hall–Kier alpha value is -0.740. The van der Waals surface area contributed by atoms with E-state index in [4.69, 9.17) is 4.74 Å². The maximum absolute atomic E-state index is 5.62. The minimum atomic E-state index is 0.643. The Kier molecular flexibility index (Phi) is 4.75. The third-order valence-electron chi connectivity index (χ3n) is 4.89. The first-order chi connectivity index (χ1) is 10.2. The van der Waals surface area contributed by atoms with Crippen LogP contribution in [-0.4, -0.2) is 31.8 Å². The largest absolute Gasteiger partial charge is 0.495 e. The number of methoxy groups -OCH3 is 1. The van der Waals surface area contributed by atoms with Crippen LogP contribution in [0.5, 0.6) is 5.75 Å². The zero-order chi connectivity index (χ0) is 14.8. The van der Waals surface area contributed by atoms with Crippen LogP contribution in [0.2, 0.25) is 0 Å². The fourth-order valence-electron chi connectivity index (χ4n) is 4.09. The minimum absolute atomic E-state index is 0.643. The number of nitrogens with zero attached hydrogens (tertiary/aromatic N) is 1. The summed E-state index contributed by atoms with van der Waals surface area (Å²) >= 11 is 3.61. The molecular formula is C17H25BrN2O. The summed E-state index contributed by atoms with van der Waals surface area (Å²) in [7, 11) is 1.77. The Labute approximate surface area is 136 Å². The highest BCUT2D eigenvalue weighted by atomic mass is 79.9. The van der Waals surface area contributed by atoms with Gasteiger partial charge in [-0.15, -0.1) is 0 Å². The zero-order valence-electron chi connectivity index (χ0n) is 12.9. The van der Waals surface area contributed by atoms with E-state index >= 15 is 0 Å². The van der Waals surface area contributed by atoms with Gasteiger partial charge in [0, 0.05) is 22.6 Å². The molecule has 2 aliphatic heterocycles. The lowest BCUT2D eigenvalue weighted by atomic mass is 9.81. The summed E-state index contributed by atoms with van der Waals surface area (Å²) in [6.07, 6.45) is 6.46. The number of nitrogens with one attached hydrogen (secondary N) is 1. The van der Waals surface area contributed by atoms with Crippen molar-refractivity contribution in [2.24, 2.45) is 0 Å². The van der Waals surface area contributed by atoms with Crippen LogP contribution in [0.3, 0.4) is 0 Å². The Balaban J connectivity index is 1.90. The van der Waals surface area contributed by atoms with Crippen LogP contribution in [0.1, 0.15) is 39.0 Å². The Morgan fingerprint density at radius 2 is 2.00 bits per heavy atom. The number of hydrogen-bond donors (Lipinski definition) is 1. The first kappa shape index (κ1) is 15.2. The molecular weight excluding hydrogens is 328 g/mol. The molecule has 4 heteroatoms. The third-order valence-corrected chi connectivity index (χ3v) is 5.38. The van der Waals surface area contributed by atoms with Crippen LogP contribution in [0, 0.1) is 0 Å². The lowest BCUT2D eigenvalue weighted by Gasteiger charge is -2.50. The van der Waals surface area contributed by atoms with E-state index in [1.54, 1.807) is 7.11 Å². The molecule has 21 heavy (non-hydrogen) atoms. The molecule has 0 saturated carbocycles. The molecule has 0 amide bonds. The van der Waals surface area contributed by atoms with Crippen molar-refractivity contribution < 1.29 is 4.74 Å². The molecule has 0 spiro atoms. The second kappa shape index (κ2) is 6.57. The van der Waals surface area contributed by atoms with Gasteiger partial charge in [0.05, 0.1) is 12.8 Å². The molecule has 1 aromatic carbocycles. The molecule has 2 heterocycles. The molecule has 0 radical (unpaired) electrons. The maximum Gasteiger partial charge on any atom is 0.142 e. The summed E-state index contributed by atoms with van der Waals surface area (Å²) in [6.45, 7) is 3.28. The van der Waals surface area contributed by atoms with Gasteiger partial charge in [0.15, 0.2) is 0 Å². The second-order valence-electron chi connectivity index (χ2n) is 6.19. The van der Waals surface area contributed by atoms with E-state index in [-0.39, 0.29) is 0 Å². The van der Waals surface area contributed by atoms with E-state index in [9.17, 15) is 0 Å². The van der Waals surface area contributed by atoms with Crippen LogP contribution in [-0.2, 0) is 0 Å². The molecule has 2 saturated heterocycles. The van der Waals surface area contributed by atoms with Crippen molar-refractivity contribution in [3.8, 4) is 5.75 Å². The third kappa shape index (κ3) is 3.07. The average Bonchev–Trinajstić information content (AvgIpc) is 2.46. The number of fused-ring (bicyclic) bond motifs is 2. The van der Waals surface area contributed by atoms with Gasteiger partial charge in [0.1, 0.15) is 5.75 Å². The van der Waals surface area contributed by atoms with Crippen molar-refractivity contribution in [2.75, 3.05) is 18.6 Å². The summed E-state index contributed by atoms with van der Waals surface area (Å²) in [5.41, 5.74) is 1.26. The molecule has 0 aliphatic carbocycles. The number of benzene rings is 1. The van der Waals surface area contributed by atoms with Gasteiger partial charge in [-0.25, -0.2) is 0 Å². The molecule has 3 nitrogen and oxygen atoms in total. The first-order valence-corrected chi connectivity index (χ1v) is 8.87. The van der Waals surface area contributed by atoms with Crippen molar-refractivity contribution >= 4 is 21.6 Å². The topological polar surface area (TPSA) is 24.5 Å². The lowest BCUT2D eigenvalue weighted by Crippen LogP contribution is -2.56. The molecule has 1 N–H and O–H groups in total. The van der Waals surface area contributed by atoms with Crippen molar-refractivity contribution in [2.45, 2.75) is 57.2 Å². The van der Waals surface area contributed by atoms with E-state index in [1.807, 2.05) is 0 Å².